The van der Waals surface area contributed by atoms with Crippen LogP contribution in [0.2, 0.25) is 0 Å². The lowest BCUT2D eigenvalue weighted by atomic mass is 10.1. The standard InChI is InChI=1S/C17H24N2OS2/c1-16(2,3)21-14-12-9-7-8-10-13(12)18-11-19(14)15(20)22-17(4,5)6/h7-11,14H,1-6H3. The van der Waals surface area contributed by atoms with E-state index in [0.29, 0.717) is 0 Å². The molecule has 0 saturated heterocycles. The van der Waals surface area contributed by atoms with Gasteiger partial charge in [-0.2, -0.15) is 0 Å². The fraction of sp³-hybridized carbons (Fsp3) is 0.529. The summed E-state index contributed by atoms with van der Waals surface area (Å²) in [4.78, 5) is 18.9. The van der Waals surface area contributed by atoms with Gasteiger partial charge in [-0.05, 0) is 6.07 Å². The maximum atomic E-state index is 12.7. The molecule has 1 amide bonds. The summed E-state index contributed by atoms with van der Waals surface area (Å²) in [5, 5.41) is 0.0172. The van der Waals surface area contributed by atoms with Gasteiger partial charge in [-0.3, -0.25) is 9.69 Å². The van der Waals surface area contributed by atoms with Gasteiger partial charge in [0.25, 0.3) is 5.24 Å². The molecule has 1 heterocycles. The summed E-state index contributed by atoms with van der Waals surface area (Å²) < 4.78 is -0.0628. The number of carbonyl (C=O) groups is 1. The Morgan fingerprint density at radius 3 is 2.32 bits per heavy atom. The van der Waals surface area contributed by atoms with Crippen molar-refractivity contribution in [2.75, 3.05) is 0 Å². The summed E-state index contributed by atoms with van der Waals surface area (Å²) in [6, 6.07) is 8.06. The number of nitrogens with zero attached hydrogens (tertiary/aromatic N) is 2. The normalized spacial score (nSPS) is 18.3. The molecule has 2 rings (SSSR count). The van der Waals surface area contributed by atoms with E-state index in [1.807, 2.05) is 18.2 Å². The Morgan fingerprint density at radius 2 is 1.73 bits per heavy atom. The number of carbonyl (C=O) groups excluding carboxylic acids is 1. The predicted molar refractivity (Wildman–Crippen MR) is 99.3 cm³/mol. The van der Waals surface area contributed by atoms with Gasteiger partial charge in [0.2, 0.25) is 0 Å². The Kier molecular flexibility index (Phi) is 4.97. The number of benzene rings is 1. The van der Waals surface area contributed by atoms with Gasteiger partial charge in [0.1, 0.15) is 5.37 Å². The first-order chi connectivity index (χ1) is 10.1. The second-order valence-electron chi connectivity index (χ2n) is 7.27. The third kappa shape index (κ3) is 4.53. The van der Waals surface area contributed by atoms with E-state index in [-0.39, 0.29) is 20.1 Å². The molecule has 3 nitrogen and oxygen atoms in total. The highest BCUT2D eigenvalue weighted by Crippen LogP contribution is 2.46. The van der Waals surface area contributed by atoms with E-state index in [1.54, 1.807) is 23.0 Å². The molecule has 1 aliphatic heterocycles. The SMILES string of the molecule is CC(C)(C)SC(=O)N1C=Nc2ccccc2C1SC(C)(C)C. The van der Waals surface area contributed by atoms with Crippen LogP contribution in [0.3, 0.4) is 0 Å². The lowest BCUT2D eigenvalue weighted by molar-refractivity contribution is 0.242. The third-order valence-electron chi connectivity index (χ3n) is 2.85. The second kappa shape index (κ2) is 6.28. The molecule has 1 atom stereocenters. The number of aliphatic imine (C=N–C) groups is 1. The van der Waals surface area contributed by atoms with Crippen molar-refractivity contribution in [2.24, 2.45) is 4.99 Å². The monoisotopic (exact) mass is 336 g/mol. The van der Waals surface area contributed by atoms with Gasteiger partial charge in [-0.15, -0.1) is 11.8 Å². The van der Waals surface area contributed by atoms with E-state index in [1.165, 1.54) is 11.8 Å². The van der Waals surface area contributed by atoms with Crippen LogP contribution in [0.15, 0.2) is 29.3 Å². The molecule has 0 aromatic heterocycles. The average Bonchev–Trinajstić information content (AvgIpc) is 2.35. The zero-order valence-electron chi connectivity index (χ0n) is 14.1. The topological polar surface area (TPSA) is 32.7 Å². The molecule has 0 bridgehead atoms. The number of para-hydroxylation sites is 1. The van der Waals surface area contributed by atoms with Gasteiger partial charge in [0.15, 0.2) is 0 Å². The molecule has 1 aromatic rings. The highest BCUT2D eigenvalue weighted by atomic mass is 32.2. The molecule has 0 aliphatic carbocycles. The summed E-state index contributed by atoms with van der Waals surface area (Å²) in [7, 11) is 0. The lowest BCUT2D eigenvalue weighted by Gasteiger charge is -2.36. The molecule has 120 valence electrons. The van der Waals surface area contributed by atoms with Crippen molar-refractivity contribution in [3.05, 3.63) is 29.8 Å². The van der Waals surface area contributed by atoms with Crippen molar-refractivity contribution >= 4 is 40.8 Å². The molecule has 0 saturated carbocycles. The van der Waals surface area contributed by atoms with Gasteiger partial charge < -0.3 is 0 Å². The third-order valence-corrected chi connectivity index (χ3v) is 5.26. The van der Waals surface area contributed by atoms with E-state index in [4.69, 9.17) is 0 Å². The first-order valence-electron chi connectivity index (χ1n) is 7.39. The Morgan fingerprint density at radius 1 is 1.09 bits per heavy atom. The Bertz CT molecular complexity index is 585. The minimum atomic E-state index is -0.112. The minimum absolute atomic E-state index is 0.0314. The number of amides is 1. The molecule has 22 heavy (non-hydrogen) atoms. The summed E-state index contributed by atoms with van der Waals surface area (Å²) in [5.41, 5.74) is 2.06. The lowest BCUT2D eigenvalue weighted by Crippen LogP contribution is -2.35. The van der Waals surface area contributed by atoms with Crippen LogP contribution in [0, 0.1) is 0 Å². The van der Waals surface area contributed by atoms with Crippen LogP contribution in [0.1, 0.15) is 52.5 Å². The highest BCUT2D eigenvalue weighted by molar-refractivity contribution is 8.14. The van der Waals surface area contributed by atoms with Crippen LogP contribution in [0.25, 0.3) is 0 Å². The first kappa shape index (κ1) is 17.4. The smallest absolute Gasteiger partial charge is 0.277 e. The first-order valence-corrected chi connectivity index (χ1v) is 9.09. The van der Waals surface area contributed by atoms with Gasteiger partial charge >= 0.3 is 0 Å². The Hall–Kier alpha value is -0.940. The maximum absolute atomic E-state index is 12.7. The van der Waals surface area contributed by atoms with Crippen LogP contribution >= 0.6 is 23.5 Å². The number of hydrogen-bond donors (Lipinski definition) is 0. The number of fused-ring (bicyclic) bond motifs is 1. The molecule has 0 fully saturated rings. The van der Waals surface area contributed by atoms with Crippen molar-refractivity contribution in [3.63, 3.8) is 0 Å². The molecule has 0 N–H and O–H groups in total. The van der Waals surface area contributed by atoms with Gasteiger partial charge in [-0.25, -0.2) is 4.99 Å². The van der Waals surface area contributed by atoms with Crippen molar-refractivity contribution in [1.29, 1.82) is 0 Å². The maximum Gasteiger partial charge on any atom is 0.288 e. The molecule has 0 radical (unpaired) electrons. The zero-order chi connectivity index (χ0) is 16.5. The minimum Gasteiger partial charge on any atom is -0.277 e. The Balaban J connectivity index is 2.35. The molecule has 0 spiro atoms. The number of thioether (sulfide) groups is 2. The van der Waals surface area contributed by atoms with Crippen molar-refractivity contribution in [2.45, 2.75) is 56.4 Å². The number of hydrogen-bond acceptors (Lipinski definition) is 4. The zero-order valence-corrected chi connectivity index (χ0v) is 15.7. The molecule has 1 aromatic carbocycles. The number of rotatable bonds is 1. The summed E-state index contributed by atoms with van der Waals surface area (Å²) in [6.45, 7) is 12.7. The van der Waals surface area contributed by atoms with Crippen LogP contribution in [0.4, 0.5) is 10.5 Å². The quantitative estimate of drug-likeness (QED) is 0.645. The van der Waals surface area contributed by atoms with Crippen LogP contribution < -0.4 is 0 Å². The van der Waals surface area contributed by atoms with Crippen LogP contribution in [0.5, 0.6) is 0 Å². The largest absolute Gasteiger partial charge is 0.288 e. The van der Waals surface area contributed by atoms with E-state index < -0.39 is 0 Å². The van der Waals surface area contributed by atoms with Crippen molar-refractivity contribution in [3.8, 4) is 0 Å². The van der Waals surface area contributed by atoms with E-state index in [9.17, 15) is 4.79 Å². The summed E-state index contributed by atoms with van der Waals surface area (Å²) >= 11 is 3.13. The van der Waals surface area contributed by atoms with Crippen LogP contribution in [-0.4, -0.2) is 26.0 Å². The highest BCUT2D eigenvalue weighted by Gasteiger charge is 2.34. The molecular weight excluding hydrogens is 312 g/mol. The van der Waals surface area contributed by atoms with Gasteiger partial charge in [-0.1, -0.05) is 71.5 Å². The van der Waals surface area contributed by atoms with E-state index >= 15 is 0 Å². The molecule has 1 aliphatic rings. The molecular formula is C17H24N2OS2. The summed E-state index contributed by atoms with van der Waals surface area (Å²) in [5.74, 6) is 0. The average molecular weight is 337 g/mol. The van der Waals surface area contributed by atoms with Crippen molar-refractivity contribution < 1.29 is 4.79 Å². The second-order valence-corrected chi connectivity index (χ2v) is 11.0. The van der Waals surface area contributed by atoms with Gasteiger partial charge in [0.05, 0.1) is 12.0 Å². The predicted octanol–water partition coefficient (Wildman–Crippen LogP) is 5.84. The van der Waals surface area contributed by atoms with E-state index in [0.717, 1.165) is 11.3 Å². The molecule has 5 heteroatoms. The fourth-order valence-corrected chi connectivity index (χ4v) is 4.17. The van der Waals surface area contributed by atoms with E-state index in [2.05, 4.69) is 52.6 Å². The fourth-order valence-electron chi connectivity index (χ4n) is 2.06. The van der Waals surface area contributed by atoms with Gasteiger partial charge in [0, 0.05) is 15.1 Å². The molecule has 1 unspecified atom stereocenters. The van der Waals surface area contributed by atoms with Crippen LogP contribution in [-0.2, 0) is 0 Å². The summed E-state index contributed by atoms with van der Waals surface area (Å²) in [6.07, 6.45) is 1.69. The Labute approximate surface area is 142 Å². The van der Waals surface area contributed by atoms with Crippen molar-refractivity contribution in [1.82, 2.24) is 4.90 Å².